The van der Waals surface area contributed by atoms with E-state index in [9.17, 15) is 15.2 Å². The Labute approximate surface area is 126 Å². The van der Waals surface area contributed by atoms with E-state index in [1.807, 2.05) is 0 Å². The van der Waals surface area contributed by atoms with E-state index in [2.05, 4.69) is 6.07 Å². The summed E-state index contributed by atoms with van der Waals surface area (Å²) in [6, 6.07) is 13.3. The number of nitrogens with zero attached hydrogens (tertiary/aromatic N) is 2. The van der Waals surface area contributed by atoms with Crippen LogP contribution in [0.15, 0.2) is 52.3 Å². The smallest absolute Gasteiger partial charge is 0.269 e. The van der Waals surface area contributed by atoms with Gasteiger partial charge < -0.3 is 5.11 Å². The number of non-ortho nitro benzene ring substituents is 1. The summed E-state index contributed by atoms with van der Waals surface area (Å²) in [6.45, 7) is 1.65. The Morgan fingerprint density at radius 3 is 2.48 bits per heavy atom. The lowest BCUT2D eigenvalue weighted by molar-refractivity contribution is -0.384. The number of nitro benzene ring substituents is 1. The van der Waals surface area contributed by atoms with Gasteiger partial charge in [-0.1, -0.05) is 17.8 Å². The molecular formula is C15H12N2O3S. The molecule has 0 radical (unpaired) electrons. The van der Waals surface area contributed by atoms with Crippen molar-refractivity contribution in [1.29, 1.82) is 5.26 Å². The summed E-state index contributed by atoms with van der Waals surface area (Å²) >= 11 is 1.36. The molecule has 0 saturated carbocycles. The maximum atomic E-state index is 10.6. The first-order valence-electron chi connectivity index (χ1n) is 6.15. The lowest BCUT2D eigenvalue weighted by Gasteiger charge is -2.12. The van der Waals surface area contributed by atoms with E-state index in [0.717, 1.165) is 15.4 Å². The third kappa shape index (κ3) is 3.60. The molecule has 6 heteroatoms. The van der Waals surface area contributed by atoms with Crippen LogP contribution in [0.25, 0.3) is 0 Å². The predicted molar refractivity (Wildman–Crippen MR) is 79.0 cm³/mol. The molecule has 1 N–H and O–H groups in total. The fourth-order valence-corrected chi connectivity index (χ4v) is 2.87. The summed E-state index contributed by atoms with van der Waals surface area (Å²) in [7, 11) is 0. The molecule has 0 unspecified atom stereocenters. The van der Waals surface area contributed by atoms with Crippen molar-refractivity contribution in [2.24, 2.45) is 0 Å². The van der Waals surface area contributed by atoms with E-state index in [1.54, 1.807) is 37.3 Å². The highest BCUT2D eigenvalue weighted by atomic mass is 32.2. The molecule has 2 rings (SSSR count). The Kier molecular flexibility index (Phi) is 4.58. The Morgan fingerprint density at radius 1 is 1.29 bits per heavy atom. The van der Waals surface area contributed by atoms with Crippen molar-refractivity contribution in [3.8, 4) is 6.07 Å². The second-order valence-electron chi connectivity index (χ2n) is 4.39. The maximum Gasteiger partial charge on any atom is 0.269 e. The standard InChI is InChI=1S/C15H12N2O3S/c1-10(18)14-7-2-11(9-16)8-15(14)21-13-5-3-12(4-6-13)17(19)20/h2-8,10,18H,1H3/t10-/m1/s1. The topological polar surface area (TPSA) is 87.2 Å². The lowest BCUT2D eigenvalue weighted by atomic mass is 10.1. The molecule has 0 aromatic heterocycles. The van der Waals surface area contributed by atoms with Crippen molar-refractivity contribution < 1.29 is 10.0 Å². The zero-order chi connectivity index (χ0) is 15.4. The summed E-state index contributed by atoms with van der Waals surface area (Å²) in [6.07, 6.45) is -0.654. The summed E-state index contributed by atoms with van der Waals surface area (Å²) in [5.41, 5.74) is 1.25. The first-order chi connectivity index (χ1) is 10.0. The molecule has 0 spiro atoms. The summed E-state index contributed by atoms with van der Waals surface area (Å²) in [5.74, 6) is 0. The molecule has 0 aliphatic heterocycles. The average molecular weight is 300 g/mol. The maximum absolute atomic E-state index is 10.6. The molecule has 5 nitrogen and oxygen atoms in total. The van der Waals surface area contributed by atoms with Crippen LogP contribution in [0, 0.1) is 21.4 Å². The number of nitriles is 1. The van der Waals surface area contributed by atoms with Crippen LogP contribution in [0.4, 0.5) is 5.69 Å². The number of hydrogen-bond donors (Lipinski definition) is 1. The highest BCUT2D eigenvalue weighted by Crippen LogP contribution is 2.34. The fraction of sp³-hybridized carbons (Fsp3) is 0.133. The minimum absolute atomic E-state index is 0.0286. The van der Waals surface area contributed by atoms with Crippen LogP contribution in [0.2, 0.25) is 0 Å². The molecule has 2 aromatic rings. The zero-order valence-corrected chi connectivity index (χ0v) is 12.0. The van der Waals surface area contributed by atoms with Crippen LogP contribution in [0.1, 0.15) is 24.2 Å². The molecule has 21 heavy (non-hydrogen) atoms. The third-order valence-electron chi connectivity index (χ3n) is 2.87. The molecular weight excluding hydrogens is 288 g/mol. The van der Waals surface area contributed by atoms with E-state index in [-0.39, 0.29) is 5.69 Å². The van der Waals surface area contributed by atoms with Gasteiger partial charge in [-0.3, -0.25) is 10.1 Å². The fourth-order valence-electron chi connectivity index (χ4n) is 1.80. The minimum Gasteiger partial charge on any atom is -0.389 e. The Bertz CT molecular complexity index is 706. The van der Waals surface area contributed by atoms with Crippen LogP contribution in [0.3, 0.4) is 0 Å². The van der Waals surface area contributed by atoms with Crippen molar-refractivity contribution in [3.63, 3.8) is 0 Å². The highest BCUT2D eigenvalue weighted by Gasteiger charge is 2.11. The highest BCUT2D eigenvalue weighted by molar-refractivity contribution is 7.99. The molecule has 2 aromatic carbocycles. The molecule has 0 amide bonds. The van der Waals surface area contributed by atoms with Crippen LogP contribution < -0.4 is 0 Å². The molecule has 0 aliphatic rings. The average Bonchev–Trinajstić information content (AvgIpc) is 2.47. The molecule has 1 atom stereocenters. The van der Waals surface area contributed by atoms with Crippen LogP contribution >= 0.6 is 11.8 Å². The predicted octanol–water partition coefficient (Wildman–Crippen LogP) is 3.67. The number of aliphatic hydroxyl groups excluding tert-OH is 1. The largest absolute Gasteiger partial charge is 0.389 e. The van der Waals surface area contributed by atoms with Crippen LogP contribution in [0.5, 0.6) is 0 Å². The molecule has 0 heterocycles. The second kappa shape index (κ2) is 6.39. The Morgan fingerprint density at radius 2 is 1.95 bits per heavy atom. The molecule has 0 bridgehead atoms. The van der Waals surface area contributed by atoms with Gasteiger partial charge in [0.05, 0.1) is 22.7 Å². The first kappa shape index (κ1) is 15.0. The summed E-state index contributed by atoms with van der Waals surface area (Å²) in [5, 5.41) is 29.4. The SMILES string of the molecule is C[C@@H](O)c1ccc(C#N)cc1Sc1ccc([N+](=O)[O-])cc1. The van der Waals surface area contributed by atoms with E-state index < -0.39 is 11.0 Å². The Hall–Kier alpha value is -2.36. The number of benzene rings is 2. The van der Waals surface area contributed by atoms with E-state index in [1.165, 1.54) is 23.9 Å². The quantitative estimate of drug-likeness (QED) is 0.687. The van der Waals surface area contributed by atoms with E-state index in [0.29, 0.717) is 5.56 Å². The van der Waals surface area contributed by atoms with Crippen LogP contribution in [-0.4, -0.2) is 10.0 Å². The number of rotatable bonds is 4. The first-order valence-corrected chi connectivity index (χ1v) is 6.97. The minimum atomic E-state index is -0.654. The van der Waals surface area contributed by atoms with Gasteiger partial charge in [-0.15, -0.1) is 0 Å². The monoisotopic (exact) mass is 300 g/mol. The van der Waals surface area contributed by atoms with Gasteiger partial charge >= 0.3 is 0 Å². The van der Waals surface area contributed by atoms with Gasteiger partial charge in [0.15, 0.2) is 0 Å². The van der Waals surface area contributed by atoms with E-state index >= 15 is 0 Å². The van der Waals surface area contributed by atoms with E-state index in [4.69, 9.17) is 5.26 Å². The Balaban J connectivity index is 2.33. The van der Waals surface area contributed by atoms with Gasteiger partial charge in [-0.25, -0.2) is 0 Å². The van der Waals surface area contributed by atoms with Gasteiger partial charge in [0.1, 0.15) is 0 Å². The number of nitro groups is 1. The number of aliphatic hydroxyl groups is 1. The summed E-state index contributed by atoms with van der Waals surface area (Å²) < 4.78 is 0. The lowest BCUT2D eigenvalue weighted by Crippen LogP contribution is -1.95. The van der Waals surface area contributed by atoms with Crippen molar-refractivity contribution in [1.82, 2.24) is 0 Å². The molecule has 106 valence electrons. The van der Waals surface area contributed by atoms with Gasteiger partial charge in [0.25, 0.3) is 5.69 Å². The molecule has 0 aliphatic carbocycles. The van der Waals surface area contributed by atoms with Gasteiger partial charge in [-0.2, -0.15) is 5.26 Å². The zero-order valence-electron chi connectivity index (χ0n) is 11.2. The number of hydrogen-bond acceptors (Lipinski definition) is 5. The van der Waals surface area contributed by atoms with Crippen LogP contribution in [-0.2, 0) is 0 Å². The normalized spacial score (nSPS) is 11.7. The molecule has 0 fully saturated rings. The van der Waals surface area contributed by atoms with Crippen molar-refractivity contribution in [2.75, 3.05) is 0 Å². The van der Waals surface area contributed by atoms with Gasteiger partial charge in [0, 0.05) is 21.9 Å². The van der Waals surface area contributed by atoms with Gasteiger partial charge in [-0.05, 0) is 36.8 Å². The second-order valence-corrected chi connectivity index (χ2v) is 5.51. The van der Waals surface area contributed by atoms with Crippen molar-refractivity contribution in [2.45, 2.75) is 22.8 Å². The molecule has 0 saturated heterocycles. The summed E-state index contributed by atoms with van der Waals surface area (Å²) in [4.78, 5) is 11.7. The van der Waals surface area contributed by atoms with Gasteiger partial charge in [0.2, 0.25) is 0 Å². The van der Waals surface area contributed by atoms with Crippen molar-refractivity contribution in [3.05, 3.63) is 63.7 Å². The third-order valence-corrected chi connectivity index (χ3v) is 3.95. The van der Waals surface area contributed by atoms with Crippen molar-refractivity contribution >= 4 is 17.4 Å².